The van der Waals surface area contributed by atoms with Gasteiger partial charge >= 0.3 is 6.09 Å². The topological polar surface area (TPSA) is 79.7 Å². The Morgan fingerprint density at radius 1 is 1.02 bits per heavy atom. The smallest absolute Gasteiger partial charge is 0.410 e. The van der Waals surface area contributed by atoms with Crippen molar-refractivity contribution in [2.24, 2.45) is 0 Å². The Morgan fingerprint density at radius 3 is 2.44 bits per heavy atom. The van der Waals surface area contributed by atoms with E-state index in [2.05, 4.69) is 39.6 Å². The molecule has 8 nitrogen and oxygen atoms in total. The molecular formula is C32H40FN5O3. The van der Waals surface area contributed by atoms with E-state index in [1.54, 1.807) is 27.9 Å². The van der Waals surface area contributed by atoms with Crippen LogP contribution in [0, 0.1) is 5.82 Å². The van der Waals surface area contributed by atoms with Crippen LogP contribution in [0.5, 0.6) is 0 Å². The Hall–Kier alpha value is -3.72. The molecule has 41 heavy (non-hydrogen) atoms. The van der Waals surface area contributed by atoms with Crippen molar-refractivity contribution in [2.45, 2.75) is 64.5 Å². The minimum absolute atomic E-state index is 0.00964. The van der Waals surface area contributed by atoms with Crippen LogP contribution >= 0.6 is 0 Å². The van der Waals surface area contributed by atoms with Gasteiger partial charge in [-0.3, -0.25) is 9.69 Å². The summed E-state index contributed by atoms with van der Waals surface area (Å²) < 4.78 is 21.0. The van der Waals surface area contributed by atoms with E-state index in [1.165, 1.54) is 23.3 Å². The zero-order valence-electron chi connectivity index (χ0n) is 24.2. The number of ether oxygens (including phenoxy) is 1. The number of hydrogen-bond donors (Lipinski definition) is 1. The maximum Gasteiger partial charge on any atom is 0.410 e. The van der Waals surface area contributed by atoms with Crippen LogP contribution in [0.4, 0.5) is 9.18 Å². The molecule has 0 radical (unpaired) electrons. The average molecular weight is 562 g/mol. The Kier molecular flexibility index (Phi) is 8.73. The monoisotopic (exact) mass is 561 g/mol. The Bertz CT molecular complexity index is 1360. The molecule has 1 N–H and O–H groups in total. The van der Waals surface area contributed by atoms with Crippen molar-refractivity contribution in [1.29, 1.82) is 0 Å². The molecule has 0 bridgehead atoms. The highest BCUT2D eigenvalue weighted by Gasteiger charge is 2.32. The number of halogens is 1. The lowest BCUT2D eigenvalue weighted by molar-refractivity contribution is 0.0203. The number of nitrogens with zero attached hydrogens (tertiary/aromatic N) is 4. The van der Waals surface area contributed by atoms with Crippen molar-refractivity contribution >= 4 is 12.0 Å². The van der Waals surface area contributed by atoms with Gasteiger partial charge in [0, 0.05) is 45.2 Å². The maximum atomic E-state index is 13.7. The lowest BCUT2D eigenvalue weighted by Crippen LogP contribution is -2.41. The Morgan fingerprint density at radius 2 is 1.73 bits per heavy atom. The Balaban J connectivity index is 1.24. The molecule has 218 valence electrons. The lowest BCUT2D eigenvalue weighted by Gasteiger charge is -2.34. The molecule has 2 amide bonds. The summed E-state index contributed by atoms with van der Waals surface area (Å²) >= 11 is 0. The predicted molar refractivity (Wildman–Crippen MR) is 156 cm³/mol. The molecule has 2 aliphatic heterocycles. The first-order valence-corrected chi connectivity index (χ1v) is 14.6. The second kappa shape index (κ2) is 12.4. The number of benzene rings is 2. The van der Waals surface area contributed by atoms with Gasteiger partial charge in [-0.15, -0.1) is 0 Å². The highest BCUT2D eigenvalue weighted by atomic mass is 19.1. The third-order valence-electron chi connectivity index (χ3n) is 7.80. The fourth-order valence-electron chi connectivity index (χ4n) is 5.72. The summed E-state index contributed by atoms with van der Waals surface area (Å²) in [6.07, 6.45) is 4.53. The van der Waals surface area contributed by atoms with E-state index in [-0.39, 0.29) is 23.7 Å². The van der Waals surface area contributed by atoms with Crippen molar-refractivity contribution in [1.82, 2.24) is 24.9 Å². The first kappa shape index (κ1) is 28.8. The summed E-state index contributed by atoms with van der Waals surface area (Å²) in [7, 11) is 0. The van der Waals surface area contributed by atoms with E-state index in [4.69, 9.17) is 4.74 Å². The summed E-state index contributed by atoms with van der Waals surface area (Å²) in [6.45, 7) is 10.1. The maximum absolute atomic E-state index is 13.7. The highest BCUT2D eigenvalue weighted by molar-refractivity contribution is 5.95. The highest BCUT2D eigenvalue weighted by Crippen LogP contribution is 2.33. The van der Waals surface area contributed by atoms with Gasteiger partial charge in [-0.25, -0.2) is 13.9 Å². The molecule has 3 heterocycles. The minimum atomic E-state index is -0.557. The molecule has 1 saturated heterocycles. The molecule has 0 atom stereocenters. The van der Waals surface area contributed by atoms with E-state index in [1.807, 2.05) is 20.8 Å². The molecular weight excluding hydrogens is 521 g/mol. The van der Waals surface area contributed by atoms with E-state index in [0.29, 0.717) is 43.7 Å². The normalized spacial score (nSPS) is 16.3. The van der Waals surface area contributed by atoms with Gasteiger partial charge in [0.25, 0.3) is 5.91 Å². The van der Waals surface area contributed by atoms with E-state index in [9.17, 15) is 14.0 Å². The van der Waals surface area contributed by atoms with Gasteiger partial charge in [-0.1, -0.05) is 24.3 Å². The van der Waals surface area contributed by atoms with Gasteiger partial charge in [0.05, 0.1) is 23.1 Å². The molecule has 2 aromatic carbocycles. The number of fused-ring (bicyclic) bond motifs is 1. The number of nitrogens with one attached hydrogen (secondary N) is 1. The zero-order chi connectivity index (χ0) is 29.0. The van der Waals surface area contributed by atoms with Crippen molar-refractivity contribution in [3.05, 3.63) is 82.9 Å². The van der Waals surface area contributed by atoms with Crippen molar-refractivity contribution in [3.63, 3.8) is 0 Å². The largest absolute Gasteiger partial charge is 0.444 e. The number of carbonyl (C=O) groups is 2. The SMILES string of the molecule is CC(C)(C)OC(=O)N1CCC(c2c(C(=O)NCCCN3CCc4ccccc4C3)cnn2-c2ccc(F)cc2)CC1. The lowest BCUT2D eigenvalue weighted by atomic mass is 9.91. The van der Waals surface area contributed by atoms with E-state index in [0.717, 1.165) is 38.2 Å². The first-order chi connectivity index (χ1) is 19.7. The molecule has 1 aromatic heterocycles. The molecule has 0 aliphatic carbocycles. The number of amides is 2. The molecule has 2 aliphatic rings. The number of aromatic nitrogens is 2. The zero-order valence-corrected chi connectivity index (χ0v) is 24.2. The summed E-state index contributed by atoms with van der Waals surface area (Å²) in [5.74, 6) is -0.481. The van der Waals surface area contributed by atoms with Gasteiger partial charge < -0.3 is 15.0 Å². The van der Waals surface area contributed by atoms with E-state index >= 15 is 0 Å². The van der Waals surface area contributed by atoms with Crippen LogP contribution < -0.4 is 5.32 Å². The number of piperidine rings is 1. The molecule has 0 spiro atoms. The number of carbonyl (C=O) groups excluding carboxylic acids is 2. The molecule has 9 heteroatoms. The van der Waals surface area contributed by atoms with Crippen LogP contribution in [0.1, 0.15) is 73.1 Å². The van der Waals surface area contributed by atoms with Crippen LogP contribution in [0.15, 0.2) is 54.7 Å². The van der Waals surface area contributed by atoms with E-state index < -0.39 is 5.60 Å². The quantitative estimate of drug-likeness (QED) is 0.396. The van der Waals surface area contributed by atoms with Crippen molar-refractivity contribution in [2.75, 3.05) is 32.7 Å². The second-order valence-corrected chi connectivity index (χ2v) is 12.0. The van der Waals surface area contributed by atoms with Gasteiger partial charge in [-0.05, 0) is 81.8 Å². The Labute approximate surface area is 241 Å². The second-order valence-electron chi connectivity index (χ2n) is 12.0. The third kappa shape index (κ3) is 7.14. The fourth-order valence-corrected chi connectivity index (χ4v) is 5.72. The van der Waals surface area contributed by atoms with Crippen molar-refractivity contribution in [3.8, 4) is 5.69 Å². The van der Waals surface area contributed by atoms with Gasteiger partial charge in [0.2, 0.25) is 0 Å². The molecule has 1 fully saturated rings. The summed E-state index contributed by atoms with van der Waals surface area (Å²) in [5, 5.41) is 7.66. The molecule has 0 saturated carbocycles. The molecule has 5 rings (SSSR count). The van der Waals surface area contributed by atoms with Crippen LogP contribution in [-0.2, 0) is 17.7 Å². The minimum Gasteiger partial charge on any atom is -0.444 e. The van der Waals surface area contributed by atoms with Gasteiger partial charge in [-0.2, -0.15) is 5.10 Å². The fraction of sp³-hybridized carbons (Fsp3) is 0.469. The van der Waals surface area contributed by atoms with Crippen LogP contribution in [0.2, 0.25) is 0 Å². The van der Waals surface area contributed by atoms with Gasteiger partial charge in [0.1, 0.15) is 11.4 Å². The third-order valence-corrected chi connectivity index (χ3v) is 7.80. The van der Waals surface area contributed by atoms with Gasteiger partial charge in [0.15, 0.2) is 0 Å². The first-order valence-electron chi connectivity index (χ1n) is 14.6. The number of hydrogen-bond acceptors (Lipinski definition) is 5. The standard InChI is InChI=1S/C32H40FN5O3/c1-32(2,3)41-31(40)37-19-14-24(15-20-37)29-28(21-35-38(29)27-11-9-26(33)10-12-27)30(39)34-16-6-17-36-18-13-23-7-4-5-8-25(23)22-36/h4-5,7-12,21,24H,6,13-20,22H2,1-3H3,(H,34,39). The van der Waals surface area contributed by atoms with Crippen molar-refractivity contribution < 1.29 is 18.7 Å². The summed E-state index contributed by atoms with van der Waals surface area (Å²) in [4.78, 5) is 30.2. The predicted octanol–water partition coefficient (Wildman–Crippen LogP) is 5.30. The average Bonchev–Trinajstić information content (AvgIpc) is 3.40. The van der Waals surface area contributed by atoms with Crippen LogP contribution in [0.3, 0.4) is 0 Å². The molecule has 0 unspecified atom stereocenters. The number of rotatable bonds is 7. The summed E-state index contributed by atoms with van der Waals surface area (Å²) in [5.41, 5.74) is 4.28. The molecule has 3 aromatic rings. The van der Waals surface area contributed by atoms with Crippen LogP contribution in [-0.4, -0.2) is 69.9 Å². The van der Waals surface area contributed by atoms with Crippen LogP contribution in [0.25, 0.3) is 5.69 Å². The summed E-state index contributed by atoms with van der Waals surface area (Å²) in [6, 6.07) is 14.7. The number of likely N-dealkylation sites (tertiary alicyclic amines) is 1.